The van der Waals surface area contributed by atoms with Gasteiger partial charge >= 0.3 is 17.6 Å². The van der Waals surface area contributed by atoms with E-state index in [1.165, 1.54) is 6.42 Å². The Morgan fingerprint density at radius 1 is 1.25 bits per heavy atom. The van der Waals surface area contributed by atoms with Gasteiger partial charge in [-0.15, -0.1) is 0 Å². The van der Waals surface area contributed by atoms with E-state index in [1.54, 1.807) is 0 Å². The Bertz CT molecular complexity index is 313. The van der Waals surface area contributed by atoms with Gasteiger partial charge in [0.05, 0.1) is 0 Å². The third-order valence-corrected chi connectivity index (χ3v) is 4.11. The molecule has 0 aromatic carbocycles. The molecule has 0 unspecified atom stereocenters. The lowest BCUT2D eigenvalue weighted by Gasteiger charge is -2.55. The fourth-order valence-corrected chi connectivity index (χ4v) is 3.06. The molecular weight excluding hydrogens is 215 g/mol. The van der Waals surface area contributed by atoms with Crippen LogP contribution in [0.3, 0.4) is 0 Å². The van der Waals surface area contributed by atoms with Crippen LogP contribution >= 0.6 is 0 Å². The van der Waals surface area contributed by atoms with Crippen LogP contribution in [0.25, 0.3) is 0 Å². The van der Waals surface area contributed by atoms with E-state index in [1.807, 2.05) is 0 Å². The maximum atomic E-state index is 13.7. The number of hydrogen-bond acceptors (Lipinski definition) is 2. The quantitative estimate of drug-likeness (QED) is 0.722. The number of carboxylic acids is 2. The average molecular weight is 230 g/mol. The second kappa shape index (κ2) is 3.43. The van der Waals surface area contributed by atoms with Crippen molar-refractivity contribution in [1.29, 1.82) is 0 Å². The van der Waals surface area contributed by atoms with Crippen LogP contribution in [0.1, 0.15) is 38.5 Å². The maximum Gasteiger partial charge on any atom is 0.353 e. The summed E-state index contributed by atoms with van der Waals surface area (Å²) in [6.07, 6.45) is 4.63. The Hall–Kier alpha value is -1.13. The van der Waals surface area contributed by atoms with Gasteiger partial charge in [-0.2, -0.15) is 0 Å². The summed E-state index contributed by atoms with van der Waals surface area (Å²) in [5.41, 5.74) is -2.79. The summed E-state index contributed by atoms with van der Waals surface area (Å²) in [4.78, 5) is 21.3. The minimum atomic E-state index is -3.10. The van der Waals surface area contributed by atoms with Gasteiger partial charge in [-0.1, -0.05) is 6.42 Å². The van der Waals surface area contributed by atoms with E-state index in [0.29, 0.717) is 5.41 Å². The molecule has 0 atom stereocenters. The Balaban J connectivity index is 1.93. The topological polar surface area (TPSA) is 74.6 Å². The average Bonchev–Trinajstić information content (AvgIpc) is 2.06. The molecule has 0 aromatic heterocycles. The molecule has 0 aliphatic heterocycles. The fraction of sp³-hybridized carbons (Fsp3) is 0.818. The second-order valence-corrected chi connectivity index (χ2v) is 5.24. The molecule has 0 bridgehead atoms. The molecule has 0 heterocycles. The molecule has 2 N–H and O–H groups in total. The van der Waals surface area contributed by atoms with Crippen molar-refractivity contribution in [3.63, 3.8) is 0 Å². The van der Waals surface area contributed by atoms with Crippen LogP contribution in [-0.4, -0.2) is 27.8 Å². The lowest BCUT2D eigenvalue weighted by atomic mass is 9.50. The minimum Gasteiger partial charge on any atom is -0.478 e. The first-order valence-electron chi connectivity index (χ1n) is 5.54. The number of carbonyl (C=O) groups is 2. The lowest BCUT2D eigenvalue weighted by Crippen LogP contribution is -2.49. The Morgan fingerprint density at radius 3 is 2.06 bits per heavy atom. The standard InChI is InChI=1S/C11H15FO4/c12-11(8(13)14,9(15)16)6-7-4-10(5-7)2-1-3-10/h7H,1-6H2,(H,13,14)(H,15,16). The number of hydrogen-bond donors (Lipinski definition) is 2. The van der Waals surface area contributed by atoms with Gasteiger partial charge in [0.1, 0.15) is 0 Å². The molecule has 2 saturated carbocycles. The lowest BCUT2D eigenvalue weighted by molar-refractivity contribution is -0.171. The largest absolute Gasteiger partial charge is 0.478 e. The van der Waals surface area contributed by atoms with Gasteiger partial charge < -0.3 is 10.2 Å². The van der Waals surface area contributed by atoms with Gasteiger partial charge in [0.2, 0.25) is 0 Å². The van der Waals surface area contributed by atoms with Crippen LogP contribution in [0, 0.1) is 11.3 Å². The monoisotopic (exact) mass is 230 g/mol. The predicted molar refractivity (Wildman–Crippen MR) is 52.7 cm³/mol. The highest BCUT2D eigenvalue weighted by atomic mass is 19.1. The highest BCUT2D eigenvalue weighted by molar-refractivity contribution is 6.01. The van der Waals surface area contributed by atoms with Crippen LogP contribution in [-0.2, 0) is 9.59 Å². The van der Waals surface area contributed by atoms with E-state index in [-0.39, 0.29) is 12.3 Å². The fourth-order valence-electron chi connectivity index (χ4n) is 3.06. The number of halogens is 1. The van der Waals surface area contributed by atoms with Crippen molar-refractivity contribution in [2.24, 2.45) is 11.3 Å². The number of carboxylic acid groups (broad SMARTS) is 2. The molecule has 0 saturated heterocycles. The summed E-state index contributed by atoms with van der Waals surface area (Å²) in [7, 11) is 0. The van der Waals surface area contributed by atoms with Gasteiger partial charge in [-0.05, 0) is 37.0 Å². The van der Waals surface area contributed by atoms with Crippen LogP contribution in [0.5, 0.6) is 0 Å². The molecule has 90 valence electrons. The van der Waals surface area contributed by atoms with E-state index in [0.717, 1.165) is 25.7 Å². The molecule has 1 spiro atoms. The van der Waals surface area contributed by atoms with Gasteiger partial charge in [-0.25, -0.2) is 14.0 Å². The second-order valence-electron chi connectivity index (χ2n) is 5.24. The van der Waals surface area contributed by atoms with Crippen molar-refractivity contribution in [2.75, 3.05) is 0 Å². The summed E-state index contributed by atoms with van der Waals surface area (Å²) in [5.74, 6) is -3.85. The Labute approximate surface area is 92.5 Å². The van der Waals surface area contributed by atoms with Crippen molar-refractivity contribution in [3.05, 3.63) is 0 Å². The first-order valence-corrected chi connectivity index (χ1v) is 5.54. The minimum absolute atomic E-state index is 0.0856. The zero-order chi connectivity index (χ0) is 12.0. The van der Waals surface area contributed by atoms with E-state index in [4.69, 9.17) is 10.2 Å². The third kappa shape index (κ3) is 1.58. The molecule has 0 amide bonds. The maximum absolute atomic E-state index is 13.7. The molecule has 16 heavy (non-hydrogen) atoms. The molecule has 0 radical (unpaired) electrons. The van der Waals surface area contributed by atoms with Gasteiger partial charge in [-0.3, -0.25) is 0 Å². The van der Waals surface area contributed by atoms with Crippen LogP contribution < -0.4 is 0 Å². The van der Waals surface area contributed by atoms with Crippen LogP contribution in [0.4, 0.5) is 4.39 Å². The molecule has 2 fully saturated rings. The normalized spacial score (nSPS) is 23.6. The van der Waals surface area contributed by atoms with Gasteiger partial charge in [0, 0.05) is 6.42 Å². The Morgan fingerprint density at radius 2 is 1.75 bits per heavy atom. The summed E-state index contributed by atoms with van der Waals surface area (Å²) < 4.78 is 13.7. The molecule has 5 heteroatoms. The highest BCUT2D eigenvalue weighted by Crippen LogP contribution is 2.60. The van der Waals surface area contributed by atoms with Crippen LogP contribution in [0.15, 0.2) is 0 Å². The van der Waals surface area contributed by atoms with E-state index < -0.39 is 17.6 Å². The Kier molecular flexibility index (Phi) is 2.44. The molecule has 0 aromatic rings. The van der Waals surface area contributed by atoms with Crippen molar-refractivity contribution >= 4 is 11.9 Å². The zero-order valence-electron chi connectivity index (χ0n) is 8.91. The van der Waals surface area contributed by atoms with E-state index in [2.05, 4.69) is 0 Å². The molecule has 2 aliphatic carbocycles. The SMILES string of the molecule is O=C(O)C(F)(CC1CC2(CCC2)C1)C(=O)O. The number of rotatable bonds is 4. The van der Waals surface area contributed by atoms with Crippen molar-refractivity contribution in [1.82, 2.24) is 0 Å². The number of aliphatic carboxylic acids is 2. The molecule has 2 aliphatic rings. The summed E-state index contributed by atoms with van der Waals surface area (Å²) >= 11 is 0. The van der Waals surface area contributed by atoms with Crippen molar-refractivity contribution in [2.45, 2.75) is 44.2 Å². The summed E-state index contributed by atoms with van der Waals surface area (Å²) in [6, 6.07) is 0. The first kappa shape index (κ1) is 11.4. The van der Waals surface area contributed by atoms with E-state index in [9.17, 15) is 14.0 Å². The van der Waals surface area contributed by atoms with Gasteiger partial charge in [0.15, 0.2) is 0 Å². The highest BCUT2D eigenvalue weighted by Gasteiger charge is 2.55. The van der Waals surface area contributed by atoms with Crippen LogP contribution in [0.2, 0.25) is 0 Å². The zero-order valence-corrected chi connectivity index (χ0v) is 8.91. The van der Waals surface area contributed by atoms with Crippen molar-refractivity contribution in [3.8, 4) is 0 Å². The molecular formula is C11H15FO4. The van der Waals surface area contributed by atoms with Crippen molar-refractivity contribution < 1.29 is 24.2 Å². The molecule has 2 rings (SSSR count). The molecule has 4 nitrogen and oxygen atoms in total. The van der Waals surface area contributed by atoms with Gasteiger partial charge in [0.25, 0.3) is 0 Å². The first-order chi connectivity index (χ1) is 7.38. The smallest absolute Gasteiger partial charge is 0.353 e. The predicted octanol–water partition coefficient (Wildman–Crippen LogP) is 1.83. The number of alkyl halides is 1. The third-order valence-electron chi connectivity index (χ3n) is 4.11. The summed E-state index contributed by atoms with van der Waals surface area (Å²) in [5, 5.41) is 17.2. The van der Waals surface area contributed by atoms with E-state index >= 15 is 0 Å². The summed E-state index contributed by atoms with van der Waals surface area (Å²) in [6.45, 7) is 0.